The maximum Gasteiger partial charge on any atom is 0.243 e. The van der Waals surface area contributed by atoms with Crippen molar-refractivity contribution in [3.8, 4) is 0 Å². The van der Waals surface area contributed by atoms with Crippen LogP contribution < -0.4 is 5.32 Å². The lowest BCUT2D eigenvalue weighted by Gasteiger charge is -2.32. The van der Waals surface area contributed by atoms with Crippen molar-refractivity contribution in [1.82, 2.24) is 10.2 Å². The van der Waals surface area contributed by atoms with Crippen LogP contribution in [0.1, 0.15) is 36.5 Å². The standard InChI is InChI=1S/C29H31BrCl2N2O2S/c1-2-3-15-33-29(36)27(16-21-7-5-4-6-8-21)34(18-23-11-14-25(31)17-26(23)32)28(35)20-37-19-22-9-12-24(30)13-10-22/h4-14,17,27H,2-3,15-16,18-20H2,1H3,(H,33,36). The summed E-state index contributed by atoms with van der Waals surface area (Å²) in [5.74, 6) is 0.670. The molecule has 3 aromatic carbocycles. The summed E-state index contributed by atoms with van der Waals surface area (Å²) in [5, 5.41) is 4.03. The molecule has 0 aliphatic rings. The van der Waals surface area contributed by atoms with Crippen molar-refractivity contribution in [2.75, 3.05) is 12.3 Å². The van der Waals surface area contributed by atoms with Crippen molar-refractivity contribution in [3.63, 3.8) is 0 Å². The monoisotopic (exact) mass is 620 g/mol. The largest absolute Gasteiger partial charge is 0.354 e. The third kappa shape index (κ3) is 9.68. The second-order valence-corrected chi connectivity index (χ2v) is 11.5. The van der Waals surface area contributed by atoms with Crippen molar-refractivity contribution in [3.05, 3.63) is 104 Å². The Morgan fingerprint density at radius 3 is 2.41 bits per heavy atom. The Balaban J connectivity index is 1.85. The van der Waals surface area contributed by atoms with Crippen LogP contribution in [-0.4, -0.2) is 35.1 Å². The average molecular weight is 622 g/mol. The Morgan fingerprint density at radius 1 is 1.00 bits per heavy atom. The van der Waals surface area contributed by atoms with E-state index < -0.39 is 6.04 Å². The minimum Gasteiger partial charge on any atom is -0.354 e. The lowest BCUT2D eigenvalue weighted by atomic mass is 10.0. The Kier molecular flexibility index (Phi) is 12.3. The average Bonchev–Trinajstić information content (AvgIpc) is 2.89. The second-order valence-electron chi connectivity index (χ2n) is 8.73. The van der Waals surface area contributed by atoms with Gasteiger partial charge < -0.3 is 10.2 Å². The maximum absolute atomic E-state index is 13.7. The molecule has 3 aromatic rings. The predicted molar refractivity (Wildman–Crippen MR) is 159 cm³/mol. The van der Waals surface area contributed by atoms with Crippen LogP contribution in [0.5, 0.6) is 0 Å². The first kappa shape index (κ1) is 29.6. The van der Waals surface area contributed by atoms with Gasteiger partial charge in [0.05, 0.1) is 5.75 Å². The molecule has 3 rings (SSSR count). The summed E-state index contributed by atoms with van der Waals surface area (Å²) in [6, 6.07) is 22.4. The van der Waals surface area contributed by atoms with Gasteiger partial charge in [0.2, 0.25) is 11.8 Å². The highest BCUT2D eigenvalue weighted by Crippen LogP contribution is 2.25. The fourth-order valence-electron chi connectivity index (χ4n) is 3.81. The van der Waals surface area contributed by atoms with Crippen LogP contribution in [0.15, 0.2) is 77.3 Å². The van der Waals surface area contributed by atoms with Gasteiger partial charge in [-0.05, 0) is 47.4 Å². The summed E-state index contributed by atoms with van der Waals surface area (Å²) in [6.45, 7) is 2.86. The van der Waals surface area contributed by atoms with Gasteiger partial charge in [0.15, 0.2) is 0 Å². The summed E-state index contributed by atoms with van der Waals surface area (Å²) in [5.41, 5.74) is 2.86. The molecule has 1 atom stereocenters. The molecule has 0 saturated carbocycles. The van der Waals surface area contributed by atoms with Gasteiger partial charge in [-0.25, -0.2) is 0 Å². The third-order valence-electron chi connectivity index (χ3n) is 5.86. The summed E-state index contributed by atoms with van der Waals surface area (Å²) in [7, 11) is 0. The fraction of sp³-hybridized carbons (Fsp3) is 0.310. The number of amides is 2. The zero-order chi connectivity index (χ0) is 26.6. The first-order valence-corrected chi connectivity index (χ1v) is 14.9. The van der Waals surface area contributed by atoms with E-state index >= 15 is 0 Å². The van der Waals surface area contributed by atoms with Crippen LogP contribution in [-0.2, 0) is 28.3 Å². The van der Waals surface area contributed by atoms with E-state index in [0.717, 1.165) is 34.0 Å². The highest BCUT2D eigenvalue weighted by Gasteiger charge is 2.30. The molecule has 196 valence electrons. The van der Waals surface area contributed by atoms with Gasteiger partial charge in [0.1, 0.15) is 6.04 Å². The number of carbonyl (C=O) groups excluding carboxylic acids is 2. The van der Waals surface area contributed by atoms with Crippen molar-refractivity contribution in [2.24, 2.45) is 0 Å². The molecular formula is C29H31BrCl2N2O2S. The molecule has 0 heterocycles. The van der Waals surface area contributed by atoms with Crippen molar-refractivity contribution < 1.29 is 9.59 Å². The van der Waals surface area contributed by atoms with Crippen LogP contribution in [0.25, 0.3) is 0 Å². The van der Waals surface area contributed by atoms with Crippen molar-refractivity contribution in [1.29, 1.82) is 0 Å². The highest BCUT2D eigenvalue weighted by atomic mass is 79.9. The van der Waals surface area contributed by atoms with Gasteiger partial charge >= 0.3 is 0 Å². The molecule has 0 saturated heterocycles. The number of thioether (sulfide) groups is 1. The lowest BCUT2D eigenvalue weighted by molar-refractivity contribution is -0.139. The Morgan fingerprint density at radius 2 is 1.73 bits per heavy atom. The summed E-state index contributed by atoms with van der Waals surface area (Å²) in [4.78, 5) is 28.8. The normalized spacial score (nSPS) is 11.7. The summed E-state index contributed by atoms with van der Waals surface area (Å²) >= 11 is 17.6. The maximum atomic E-state index is 13.7. The van der Waals surface area contributed by atoms with E-state index in [1.807, 2.05) is 60.7 Å². The van der Waals surface area contributed by atoms with Gasteiger partial charge in [-0.2, -0.15) is 0 Å². The molecule has 0 bridgehead atoms. The smallest absolute Gasteiger partial charge is 0.243 e. The van der Waals surface area contributed by atoms with E-state index in [4.69, 9.17) is 23.2 Å². The summed E-state index contributed by atoms with van der Waals surface area (Å²) < 4.78 is 1.01. The van der Waals surface area contributed by atoms with Crippen LogP contribution in [0.4, 0.5) is 0 Å². The van der Waals surface area contributed by atoms with E-state index in [9.17, 15) is 9.59 Å². The zero-order valence-electron chi connectivity index (χ0n) is 20.8. The Bertz CT molecular complexity index is 1160. The molecule has 2 amide bonds. The number of carbonyl (C=O) groups is 2. The zero-order valence-corrected chi connectivity index (χ0v) is 24.7. The summed E-state index contributed by atoms with van der Waals surface area (Å²) in [6.07, 6.45) is 2.26. The second kappa shape index (κ2) is 15.4. The number of unbranched alkanes of at least 4 members (excludes halogenated alkanes) is 1. The molecule has 0 aliphatic heterocycles. The molecule has 0 spiro atoms. The van der Waals surface area contributed by atoms with Crippen LogP contribution in [0.2, 0.25) is 10.0 Å². The van der Waals surface area contributed by atoms with E-state index in [-0.39, 0.29) is 24.1 Å². The minimum atomic E-state index is -0.674. The van der Waals surface area contributed by atoms with Crippen molar-refractivity contribution in [2.45, 2.75) is 44.5 Å². The first-order valence-electron chi connectivity index (χ1n) is 12.2. The quantitative estimate of drug-likeness (QED) is 0.201. The predicted octanol–water partition coefficient (Wildman–Crippen LogP) is 7.55. The number of benzene rings is 3. The van der Waals surface area contributed by atoms with Gasteiger partial charge in [-0.3, -0.25) is 9.59 Å². The molecule has 1 N–H and O–H groups in total. The van der Waals surface area contributed by atoms with Gasteiger partial charge in [0, 0.05) is 39.8 Å². The molecule has 37 heavy (non-hydrogen) atoms. The van der Waals surface area contributed by atoms with E-state index in [1.165, 1.54) is 11.8 Å². The van der Waals surface area contributed by atoms with Gasteiger partial charge in [0.25, 0.3) is 0 Å². The molecule has 0 fully saturated rings. The third-order valence-corrected chi connectivity index (χ3v) is 7.97. The number of rotatable bonds is 13. The molecule has 4 nitrogen and oxygen atoms in total. The topological polar surface area (TPSA) is 49.4 Å². The van der Waals surface area contributed by atoms with E-state index in [0.29, 0.717) is 28.8 Å². The van der Waals surface area contributed by atoms with Gasteiger partial charge in [-0.15, -0.1) is 11.8 Å². The number of nitrogens with one attached hydrogen (secondary N) is 1. The molecule has 0 aliphatic carbocycles. The molecule has 1 unspecified atom stereocenters. The van der Waals surface area contributed by atoms with Crippen LogP contribution >= 0.6 is 50.9 Å². The minimum absolute atomic E-state index is 0.111. The van der Waals surface area contributed by atoms with Gasteiger partial charge in [-0.1, -0.05) is 101 Å². The number of hydrogen-bond donors (Lipinski definition) is 1. The number of hydrogen-bond acceptors (Lipinski definition) is 3. The molecule has 0 radical (unpaired) electrons. The van der Waals surface area contributed by atoms with E-state index in [2.05, 4.69) is 28.2 Å². The number of halogens is 3. The van der Waals surface area contributed by atoms with Crippen LogP contribution in [0, 0.1) is 0 Å². The highest BCUT2D eigenvalue weighted by molar-refractivity contribution is 9.10. The Hall–Kier alpha value is -1.99. The fourth-order valence-corrected chi connectivity index (χ4v) is 5.42. The first-order chi connectivity index (χ1) is 17.9. The Labute approximate surface area is 242 Å². The lowest BCUT2D eigenvalue weighted by Crippen LogP contribution is -2.51. The number of nitrogens with zero attached hydrogens (tertiary/aromatic N) is 1. The van der Waals surface area contributed by atoms with E-state index in [1.54, 1.807) is 17.0 Å². The van der Waals surface area contributed by atoms with Crippen LogP contribution in [0.3, 0.4) is 0 Å². The SMILES string of the molecule is CCCCNC(=O)C(Cc1ccccc1)N(Cc1ccc(Cl)cc1Cl)C(=O)CSCc1ccc(Br)cc1. The molecular weight excluding hydrogens is 591 g/mol. The molecule has 8 heteroatoms. The molecule has 0 aromatic heterocycles. The van der Waals surface area contributed by atoms with Crippen molar-refractivity contribution >= 4 is 62.7 Å².